The number of nitrogens with two attached hydrogens (primary N) is 3. The highest BCUT2D eigenvalue weighted by atomic mass is 32.2. The van der Waals surface area contributed by atoms with Crippen LogP contribution >= 0.6 is 46.8 Å². The molecule has 0 bridgehead atoms. The van der Waals surface area contributed by atoms with Gasteiger partial charge in [0.15, 0.2) is 11.1 Å². The fraction of sp³-hybridized carbons (Fsp3) is 0.300. The number of carbonyl (C=O) groups excluding carboxylic acids is 2. The first-order chi connectivity index (χ1) is 18.7. The number of aliphatic carboxylic acids is 1. The molecule has 0 spiro atoms. The maximum Gasteiger partial charge on any atom is 0.353 e. The van der Waals surface area contributed by atoms with Crippen LogP contribution < -0.4 is 22.5 Å². The van der Waals surface area contributed by atoms with E-state index in [9.17, 15) is 24.7 Å². The maximum absolute atomic E-state index is 13.0. The number of oxime groups is 1. The summed E-state index contributed by atoms with van der Waals surface area (Å²) in [6.45, 7) is 0.491. The van der Waals surface area contributed by atoms with Crippen molar-refractivity contribution >= 4 is 81.4 Å². The number of aliphatic imine (C=N–C) groups is 1. The fourth-order valence-corrected chi connectivity index (χ4v) is 7.25. The average Bonchev–Trinajstić information content (AvgIpc) is 3.32. The van der Waals surface area contributed by atoms with Crippen molar-refractivity contribution in [3.05, 3.63) is 40.5 Å². The van der Waals surface area contributed by atoms with E-state index in [2.05, 4.69) is 29.8 Å². The first-order valence-corrected chi connectivity index (χ1v) is 14.8. The van der Waals surface area contributed by atoms with E-state index < -0.39 is 34.9 Å². The lowest BCUT2D eigenvalue weighted by molar-refractivity contribution is -0.150. The Kier molecular flexibility index (Phi) is 9.15. The summed E-state index contributed by atoms with van der Waals surface area (Å²) >= 11 is 4.96. The molecule has 0 aliphatic carbocycles. The van der Waals surface area contributed by atoms with Crippen LogP contribution in [0.1, 0.15) is 11.5 Å². The molecule has 9 N–H and O–H groups in total. The third-order valence-electron chi connectivity index (χ3n) is 5.20. The molecule has 2 aromatic rings. The summed E-state index contributed by atoms with van der Waals surface area (Å²) in [6, 6.07) is 2.59. The number of nitrogens with one attached hydrogen (secondary N) is 1. The summed E-state index contributed by atoms with van der Waals surface area (Å²) < 4.78 is 3.83. The minimum absolute atomic E-state index is 0.0407. The zero-order valence-electron chi connectivity index (χ0n) is 19.9. The van der Waals surface area contributed by atoms with Gasteiger partial charge in [0.1, 0.15) is 17.1 Å². The second kappa shape index (κ2) is 12.5. The number of amides is 2. The van der Waals surface area contributed by atoms with Gasteiger partial charge in [0.2, 0.25) is 11.5 Å². The fourth-order valence-electron chi connectivity index (χ4n) is 3.56. The normalized spacial score (nSPS) is 18.8. The number of hydrogen-bond donors (Lipinski definition) is 6. The summed E-state index contributed by atoms with van der Waals surface area (Å²) in [5, 5.41) is 24.0. The Bertz CT molecular complexity index is 1380. The lowest BCUT2D eigenvalue weighted by atomic mass is 10.0. The third kappa shape index (κ3) is 6.54. The molecule has 2 aromatic heterocycles. The molecule has 15 nitrogen and oxygen atoms in total. The maximum atomic E-state index is 13.0. The standard InChI is InChI=1S/C20H22N10O5S4/c21-19(22)25-3-4-36-6-8-5-9(1-2-24-8)38-10-7-37-17-12(16(32)30(17)13(10)18(33)34)26-15(31)11(28-35)14-27-20(23)39-29-14/h1-2,5,12,17,35H,3-4,6-7H2,(H,26,31)(H,33,34)(H4,21,22,25)(H2,23,27,29)/b28-11-/t12-,17?/m1/s1. The predicted molar refractivity (Wildman–Crippen MR) is 149 cm³/mol. The van der Waals surface area contributed by atoms with Crippen molar-refractivity contribution < 1.29 is 24.7 Å². The number of aromatic nitrogens is 3. The number of fused-ring (bicyclic) bond motifs is 1. The molecular formula is C20H22N10O5S4. The SMILES string of the molecule is NC(N)=NCCSCc1cc(SC2=C(C(=O)O)N3C(=O)[C@@H](NC(=O)/C(=N\O)c4nsc(N)n4)C3SC2)ccn1. The number of pyridine rings is 1. The van der Waals surface area contributed by atoms with Crippen LogP contribution in [0.2, 0.25) is 0 Å². The van der Waals surface area contributed by atoms with Crippen molar-refractivity contribution in [1.29, 1.82) is 0 Å². The number of nitrogen functional groups attached to an aromatic ring is 1. The molecule has 2 aliphatic heterocycles. The first kappa shape index (κ1) is 28.5. The van der Waals surface area contributed by atoms with Crippen LogP contribution in [0.15, 0.2) is 44.0 Å². The number of carbonyl (C=O) groups is 3. The van der Waals surface area contributed by atoms with Gasteiger partial charge >= 0.3 is 5.97 Å². The van der Waals surface area contributed by atoms with E-state index >= 15 is 0 Å². The van der Waals surface area contributed by atoms with Gasteiger partial charge in [0.25, 0.3) is 11.8 Å². The molecule has 19 heteroatoms. The number of thioether (sulfide) groups is 3. The summed E-state index contributed by atoms with van der Waals surface area (Å²) in [4.78, 5) is 52.3. The number of guanidine groups is 1. The van der Waals surface area contributed by atoms with E-state index in [1.165, 1.54) is 23.5 Å². The topological polar surface area (TPSA) is 248 Å². The van der Waals surface area contributed by atoms with E-state index in [1.807, 2.05) is 6.07 Å². The van der Waals surface area contributed by atoms with E-state index in [-0.39, 0.29) is 22.6 Å². The van der Waals surface area contributed by atoms with Gasteiger partial charge in [-0.05, 0) is 12.1 Å². The molecule has 2 aliphatic rings. The van der Waals surface area contributed by atoms with Crippen molar-refractivity contribution in [2.75, 3.05) is 23.8 Å². The Balaban J connectivity index is 1.43. The van der Waals surface area contributed by atoms with Crippen LogP contribution in [-0.2, 0) is 20.1 Å². The molecule has 1 saturated heterocycles. The van der Waals surface area contributed by atoms with Crippen LogP contribution in [0.25, 0.3) is 0 Å². The van der Waals surface area contributed by atoms with Crippen molar-refractivity contribution in [3.63, 3.8) is 0 Å². The Hall–Kier alpha value is -3.55. The summed E-state index contributed by atoms with van der Waals surface area (Å²) in [6.07, 6.45) is 1.64. The largest absolute Gasteiger partial charge is 0.477 e. The number of carboxylic acid groups (broad SMARTS) is 1. The summed E-state index contributed by atoms with van der Waals surface area (Å²) in [5.41, 5.74) is 16.3. The van der Waals surface area contributed by atoms with E-state index in [1.54, 1.807) is 24.0 Å². The molecule has 0 radical (unpaired) electrons. The van der Waals surface area contributed by atoms with Gasteiger partial charge in [0, 0.05) is 44.8 Å². The number of β-lactam (4-membered cyclic amide) rings is 1. The lowest BCUT2D eigenvalue weighted by Gasteiger charge is -2.49. The Labute approximate surface area is 237 Å². The lowest BCUT2D eigenvalue weighted by Crippen LogP contribution is -2.71. The quantitative estimate of drug-likeness (QED) is 0.0477. The molecule has 4 heterocycles. The van der Waals surface area contributed by atoms with Crippen LogP contribution in [0.5, 0.6) is 0 Å². The van der Waals surface area contributed by atoms with Gasteiger partial charge in [-0.2, -0.15) is 21.1 Å². The smallest absolute Gasteiger partial charge is 0.353 e. The zero-order chi connectivity index (χ0) is 28.1. The first-order valence-electron chi connectivity index (χ1n) is 11.0. The van der Waals surface area contributed by atoms with Crippen molar-refractivity contribution in [2.45, 2.75) is 22.1 Å². The molecule has 0 aromatic carbocycles. The molecule has 39 heavy (non-hydrogen) atoms. The Morgan fingerprint density at radius 3 is 2.79 bits per heavy atom. The van der Waals surface area contributed by atoms with E-state index in [0.717, 1.165) is 27.0 Å². The van der Waals surface area contributed by atoms with E-state index in [0.29, 0.717) is 28.7 Å². The highest BCUT2D eigenvalue weighted by Crippen LogP contribution is 2.45. The average molecular weight is 611 g/mol. The molecule has 1 unspecified atom stereocenters. The van der Waals surface area contributed by atoms with Gasteiger partial charge in [-0.15, -0.1) is 11.8 Å². The number of hydrogen-bond acceptors (Lipinski definition) is 14. The molecule has 0 saturated carbocycles. The number of nitrogens with zero attached hydrogens (tertiary/aromatic N) is 6. The number of carboxylic acids is 1. The Morgan fingerprint density at radius 1 is 1.33 bits per heavy atom. The van der Waals surface area contributed by atoms with Crippen LogP contribution in [0.4, 0.5) is 5.13 Å². The minimum Gasteiger partial charge on any atom is -0.477 e. The van der Waals surface area contributed by atoms with Crippen LogP contribution in [0.3, 0.4) is 0 Å². The summed E-state index contributed by atoms with van der Waals surface area (Å²) in [5.74, 6) is -1.29. The van der Waals surface area contributed by atoms with Gasteiger partial charge in [-0.3, -0.25) is 24.5 Å². The van der Waals surface area contributed by atoms with Crippen molar-refractivity contribution in [2.24, 2.45) is 21.6 Å². The second-order valence-corrected chi connectivity index (χ2v) is 11.9. The van der Waals surface area contributed by atoms with Crippen LogP contribution in [0, 0.1) is 0 Å². The second-order valence-electron chi connectivity index (χ2n) is 7.79. The number of rotatable bonds is 11. The molecule has 1 fully saturated rings. The molecular weight excluding hydrogens is 589 g/mol. The summed E-state index contributed by atoms with van der Waals surface area (Å²) in [7, 11) is 0. The van der Waals surface area contributed by atoms with Crippen LogP contribution in [-0.4, -0.2) is 88.5 Å². The zero-order valence-corrected chi connectivity index (χ0v) is 23.1. The molecule has 2 atom stereocenters. The van der Waals surface area contributed by atoms with Crippen molar-refractivity contribution in [1.82, 2.24) is 24.6 Å². The molecule has 206 valence electrons. The van der Waals surface area contributed by atoms with Crippen molar-refractivity contribution in [3.8, 4) is 0 Å². The van der Waals surface area contributed by atoms with Gasteiger partial charge < -0.3 is 32.8 Å². The minimum atomic E-state index is -1.26. The van der Waals surface area contributed by atoms with Gasteiger partial charge in [-0.1, -0.05) is 16.9 Å². The molecule has 4 rings (SSSR count). The van der Waals surface area contributed by atoms with Gasteiger partial charge in [0.05, 0.1) is 12.2 Å². The third-order valence-corrected chi connectivity index (χ3v) is 9.25. The highest BCUT2D eigenvalue weighted by Gasteiger charge is 2.54. The number of anilines is 1. The Morgan fingerprint density at radius 2 is 2.13 bits per heavy atom. The molecule has 2 amide bonds. The van der Waals surface area contributed by atoms with E-state index in [4.69, 9.17) is 17.2 Å². The van der Waals surface area contributed by atoms with Gasteiger partial charge in [-0.25, -0.2) is 4.79 Å². The highest BCUT2D eigenvalue weighted by molar-refractivity contribution is 8.06. The monoisotopic (exact) mass is 610 g/mol. The predicted octanol–water partition coefficient (Wildman–Crippen LogP) is -0.311.